The van der Waals surface area contributed by atoms with Gasteiger partial charge in [-0.25, -0.2) is 4.79 Å². The van der Waals surface area contributed by atoms with Crippen molar-refractivity contribution in [3.63, 3.8) is 0 Å². The standard InChI is InChI=1S/C15H20O3/c1-5-18-14-7-6-12(10(2)3)9-13(14)8-11(4)15(16)17/h6-10H,5H2,1-4H3,(H,16,17)/b11-8+. The zero-order chi connectivity index (χ0) is 13.7. The third-order valence-electron chi connectivity index (χ3n) is 2.71. The minimum atomic E-state index is -0.910. The Labute approximate surface area is 108 Å². The predicted octanol–water partition coefficient (Wildman–Crippen LogP) is 3.70. The molecule has 0 atom stereocenters. The van der Waals surface area contributed by atoms with Gasteiger partial charge in [-0.15, -0.1) is 0 Å². The molecule has 0 aliphatic carbocycles. The Balaban J connectivity index is 3.23. The lowest BCUT2D eigenvalue weighted by atomic mass is 9.99. The van der Waals surface area contributed by atoms with Crippen LogP contribution in [0, 0.1) is 0 Å². The van der Waals surface area contributed by atoms with Crippen molar-refractivity contribution in [2.75, 3.05) is 6.61 Å². The van der Waals surface area contributed by atoms with Crippen LogP contribution in [0.25, 0.3) is 6.08 Å². The molecule has 1 aromatic carbocycles. The summed E-state index contributed by atoms with van der Waals surface area (Å²) in [6.45, 7) is 8.27. The van der Waals surface area contributed by atoms with Crippen LogP contribution in [0.1, 0.15) is 44.7 Å². The first kappa shape index (κ1) is 14.3. The molecule has 0 aliphatic rings. The van der Waals surface area contributed by atoms with Gasteiger partial charge >= 0.3 is 5.97 Å². The molecule has 1 N–H and O–H groups in total. The van der Waals surface area contributed by atoms with Crippen LogP contribution in [0.3, 0.4) is 0 Å². The molecule has 0 bridgehead atoms. The molecule has 0 spiro atoms. The number of carbonyl (C=O) groups is 1. The topological polar surface area (TPSA) is 46.5 Å². The van der Waals surface area contributed by atoms with E-state index >= 15 is 0 Å². The van der Waals surface area contributed by atoms with E-state index < -0.39 is 5.97 Å². The zero-order valence-electron chi connectivity index (χ0n) is 11.4. The minimum Gasteiger partial charge on any atom is -0.493 e. The Morgan fingerprint density at radius 3 is 2.61 bits per heavy atom. The molecule has 0 radical (unpaired) electrons. The van der Waals surface area contributed by atoms with E-state index in [-0.39, 0.29) is 0 Å². The lowest BCUT2D eigenvalue weighted by Gasteiger charge is -2.12. The molecule has 1 aromatic rings. The maximum absolute atomic E-state index is 10.9. The summed E-state index contributed by atoms with van der Waals surface area (Å²) in [6, 6.07) is 5.91. The molecule has 0 aliphatic heterocycles. The van der Waals surface area contributed by atoms with Gasteiger partial charge in [0.2, 0.25) is 0 Å². The molecule has 0 fully saturated rings. The summed E-state index contributed by atoms with van der Waals surface area (Å²) in [5, 5.41) is 8.93. The molecular weight excluding hydrogens is 228 g/mol. The Hall–Kier alpha value is -1.77. The molecule has 3 heteroatoms. The van der Waals surface area contributed by atoms with E-state index in [0.29, 0.717) is 18.1 Å². The quantitative estimate of drug-likeness (QED) is 0.808. The van der Waals surface area contributed by atoms with E-state index in [9.17, 15) is 4.79 Å². The molecule has 0 amide bonds. The molecule has 0 heterocycles. The lowest BCUT2D eigenvalue weighted by molar-refractivity contribution is -0.132. The van der Waals surface area contributed by atoms with Gasteiger partial charge in [-0.3, -0.25) is 0 Å². The number of hydrogen-bond donors (Lipinski definition) is 1. The number of hydrogen-bond acceptors (Lipinski definition) is 2. The first-order valence-corrected chi connectivity index (χ1v) is 6.14. The summed E-state index contributed by atoms with van der Waals surface area (Å²) < 4.78 is 5.51. The van der Waals surface area contributed by atoms with Crippen molar-refractivity contribution in [2.45, 2.75) is 33.6 Å². The first-order chi connectivity index (χ1) is 8.45. The van der Waals surface area contributed by atoms with Crippen LogP contribution >= 0.6 is 0 Å². The second kappa shape index (κ2) is 6.24. The Morgan fingerprint density at radius 1 is 1.44 bits per heavy atom. The average Bonchev–Trinajstić information content (AvgIpc) is 2.31. The van der Waals surface area contributed by atoms with Gasteiger partial charge < -0.3 is 9.84 Å². The minimum absolute atomic E-state index is 0.303. The van der Waals surface area contributed by atoms with Crippen molar-refractivity contribution in [3.8, 4) is 5.75 Å². The fraction of sp³-hybridized carbons (Fsp3) is 0.400. The summed E-state index contributed by atoms with van der Waals surface area (Å²) in [7, 11) is 0. The van der Waals surface area contributed by atoms with Crippen LogP contribution in [-0.2, 0) is 4.79 Å². The van der Waals surface area contributed by atoms with Gasteiger partial charge in [0.05, 0.1) is 6.61 Å². The number of benzene rings is 1. The smallest absolute Gasteiger partial charge is 0.331 e. The van der Waals surface area contributed by atoms with Crippen LogP contribution in [0.5, 0.6) is 5.75 Å². The van der Waals surface area contributed by atoms with E-state index in [4.69, 9.17) is 9.84 Å². The van der Waals surface area contributed by atoms with E-state index in [1.54, 1.807) is 13.0 Å². The largest absolute Gasteiger partial charge is 0.493 e. The van der Waals surface area contributed by atoms with Gasteiger partial charge in [0, 0.05) is 11.1 Å². The van der Waals surface area contributed by atoms with Crippen molar-refractivity contribution >= 4 is 12.0 Å². The summed E-state index contributed by atoms with van der Waals surface area (Å²) >= 11 is 0. The summed E-state index contributed by atoms with van der Waals surface area (Å²) in [4.78, 5) is 10.9. The van der Waals surface area contributed by atoms with Crippen LogP contribution in [-0.4, -0.2) is 17.7 Å². The predicted molar refractivity (Wildman–Crippen MR) is 73.0 cm³/mol. The van der Waals surface area contributed by atoms with Crippen molar-refractivity contribution in [3.05, 3.63) is 34.9 Å². The second-order valence-corrected chi connectivity index (χ2v) is 4.52. The molecule has 18 heavy (non-hydrogen) atoms. The normalized spacial score (nSPS) is 11.7. The van der Waals surface area contributed by atoms with Crippen molar-refractivity contribution in [1.29, 1.82) is 0 Å². The van der Waals surface area contributed by atoms with E-state index in [1.165, 1.54) is 5.56 Å². The molecule has 0 saturated heterocycles. The summed E-state index contributed by atoms with van der Waals surface area (Å²) in [5.41, 5.74) is 2.29. The van der Waals surface area contributed by atoms with Gasteiger partial charge in [0.25, 0.3) is 0 Å². The fourth-order valence-electron chi connectivity index (χ4n) is 1.62. The average molecular weight is 248 g/mol. The monoisotopic (exact) mass is 248 g/mol. The van der Waals surface area contributed by atoms with Gasteiger partial charge in [-0.05, 0) is 43.5 Å². The molecule has 0 saturated carbocycles. The molecule has 3 nitrogen and oxygen atoms in total. The van der Waals surface area contributed by atoms with Gasteiger partial charge in [-0.2, -0.15) is 0 Å². The number of rotatable bonds is 5. The number of aliphatic carboxylic acids is 1. The van der Waals surface area contributed by atoms with E-state index in [1.807, 2.05) is 25.1 Å². The molecule has 0 aromatic heterocycles. The summed E-state index contributed by atoms with van der Waals surface area (Å²) in [6.07, 6.45) is 1.65. The van der Waals surface area contributed by atoms with Gasteiger partial charge in [-0.1, -0.05) is 19.9 Å². The zero-order valence-corrected chi connectivity index (χ0v) is 11.4. The number of carboxylic acid groups (broad SMARTS) is 1. The second-order valence-electron chi connectivity index (χ2n) is 4.52. The van der Waals surface area contributed by atoms with Crippen LogP contribution in [0.2, 0.25) is 0 Å². The van der Waals surface area contributed by atoms with Crippen molar-refractivity contribution < 1.29 is 14.6 Å². The van der Waals surface area contributed by atoms with E-state index in [2.05, 4.69) is 13.8 Å². The lowest BCUT2D eigenvalue weighted by Crippen LogP contribution is -1.99. The highest BCUT2D eigenvalue weighted by Crippen LogP contribution is 2.26. The van der Waals surface area contributed by atoms with Gasteiger partial charge in [0.15, 0.2) is 0 Å². The highest BCUT2D eigenvalue weighted by atomic mass is 16.5. The van der Waals surface area contributed by atoms with Crippen LogP contribution < -0.4 is 4.74 Å². The molecule has 1 rings (SSSR count). The maximum atomic E-state index is 10.9. The first-order valence-electron chi connectivity index (χ1n) is 6.14. The number of carboxylic acids is 1. The SMILES string of the molecule is CCOc1ccc(C(C)C)cc1/C=C(\C)C(=O)O. The van der Waals surface area contributed by atoms with Crippen molar-refractivity contribution in [1.82, 2.24) is 0 Å². The van der Waals surface area contributed by atoms with E-state index in [0.717, 1.165) is 11.3 Å². The summed E-state index contributed by atoms with van der Waals surface area (Å²) in [5.74, 6) is 0.216. The molecule has 98 valence electrons. The van der Waals surface area contributed by atoms with Crippen LogP contribution in [0.4, 0.5) is 0 Å². The molecular formula is C15H20O3. The fourth-order valence-corrected chi connectivity index (χ4v) is 1.62. The Kier molecular flexibility index (Phi) is 4.95. The van der Waals surface area contributed by atoms with Crippen LogP contribution in [0.15, 0.2) is 23.8 Å². The van der Waals surface area contributed by atoms with Gasteiger partial charge in [0.1, 0.15) is 5.75 Å². The maximum Gasteiger partial charge on any atom is 0.331 e. The third-order valence-corrected chi connectivity index (χ3v) is 2.71. The van der Waals surface area contributed by atoms with Crippen molar-refractivity contribution in [2.24, 2.45) is 0 Å². The Bertz CT molecular complexity index is 459. The molecule has 0 unspecified atom stereocenters. The highest BCUT2D eigenvalue weighted by molar-refractivity contribution is 5.91. The Morgan fingerprint density at radius 2 is 2.11 bits per heavy atom. The highest BCUT2D eigenvalue weighted by Gasteiger charge is 2.08. The number of ether oxygens (including phenoxy) is 1. The third kappa shape index (κ3) is 3.62.